The molecule has 0 aliphatic rings. The highest BCUT2D eigenvalue weighted by Gasteiger charge is 2.14. The fourth-order valence-corrected chi connectivity index (χ4v) is 3.20. The predicted molar refractivity (Wildman–Crippen MR) is 110 cm³/mol. The molecule has 6 heteroatoms. The molecule has 0 saturated carbocycles. The summed E-state index contributed by atoms with van der Waals surface area (Å²) in [4.78, 5) is 0. The number of nitrogens with one attached hydrogen (secondary N) is 1. The van der Waals surface area contributed by atoms with E-state index in [1.165, 1.54) is 0 Å². The predicted octanol–water partition coefficient (Wildman–Crippen LogP) is 3.97. The van der Waals surface area contributed by atoms with Gasteiger partial charge in [0.2, 0.25) is 5.62 Å². The van der Waals surface area contributed by atoms with Crippen LogP contribution in [0.2, 0.25) is 0 Å². The number of rotatable bonds is 9. The van der Waals surface area contributed by atoms with Crippen LogP contribution >= 0.6 is 12.4 Å². The Labute approximate surface area is 166 Å². The third-order valence-corrected chi connectivity index (χ3v) is 4.54. The quantitative estimate of drug-likeness (QED) is 0.544. The minimum absolute atomic E-state index is 0. The number of hydrogen-bond acceptors (Lipinski definition) is 3. The average molecular weight is 390 g/mol. The lowest BCUT2D eigenvalue weighted by Gasteiger charge is -2.13. The Hall–Kier alpha value is -2.24. The van der Waals surface area contributed by atoms with Crippen LogP contribution in [0.5, 0.6) is 5.75 Å². The Morgan fingerprint density at radius 2 is 1.59 bits per heavy atom. The molecule has 0 spiro atoms. The van der Waals surface area contributed by atoms with Gasteiger partial charge in [-0.15, -0.1) is 12.4 Å². The third-order valence-electron chi connectivity index (χ3n) is 4.54. The Balaban J connectivity index is 0.00000261. The largest absolute Gasteiger partial charge is 0.491 e. The third kappa shape index (κ3) is 5.15. The molecule has 1 atom stereocenters. The van der Waals surface area contributed by atoms with E-state index < -0.39 is 6.10 Å². The molecule has 0 amide bonds. The number of aliphatic hydroxyl groups excluding tert-OH is 1. The summed E-state index contributed by atoms with van der Waals surface area (Å²) in [7, 11) is 0. The first-order valence-electron chi connectivity index (χ1n) is 9.29. The maximum absolute atomic E-state index is 10.4. The van der Waals surface area contributed by atoms with Crippen molar-refractivity contribution in [1.29, 1.82) is 5.41 Å². The van der Waals surface area contributed by atoms with Gasteiger partial charge in [0.15, 0.2) is 0 Å². The van der Waals surface area contributed by atoms with E-state index in [1.54, 1.807) is 0 Å². The molecule has 1 unspecified atom stereocenters. The maximum atomic E-state index is 10.4. The average Bonchev–Trinajstić information content (AvgIpc) is 2.93. The summed E-state index contributed by atoms with van der Waals surface area (Å²) < 4.78 is 9.56. The fourth-order valence-electron chi connectivity index (χ4n) is 3.20. The van der Waals surface area contributed by atoms with Gasteiger partial charge in [-0.2, -0.15) is 0 Å². The zero-order chi connectivity index (χ0) is 18.4. The number of halogens is 1. The lowest BCUT2D eigenvalue weighted by Crippen LogP contribution is -2.31. The van der Waals surface area contributed by atoms with Crippen LogP contribution in [-0.4, -0.2) is 27.0 Å². The van der Waals surface area contributed by atoms with Gasteiger partial charge in [-0.3, -0.25) is 5.41 Å². The lowest BCUT2D eigenvalue weighted by molar-refractivity contribution is 0.0921. The van der Waals surface area contributed by atoms with E-state index in [4.69, 9.17) is 10.1 Å². The number of unbranched alkanes of at least 4 members (excludes halogenated alkanes) is 2. The molecule has 3 aromatic rings. The van der Waals surface area contributed by atoms with Crippen LogP contribution < -0.4 is 10.4 Å². The molecule has 2 N–H and O–H groups in total. The summed E-state index contributed by atoms with van der Waals surface area (Å²) in [6, 6.07) is 17.5. The summed E-state index contributed by atoms with van der Waals surface area (Å²) in [5.74, 6) is 0.740. The Morgan fingerprint density at radius 3 is 2.26 bits per heavy atom. The van der Waals surface area contributed by atoms with Crippen LogP contribution in [0.25, 0.3) is 11.0 Å². The second-order valence-corrected chi connectivity index (χ2v) is 6.56. The normalized spacial score (nSPS) is 11.9. The minimum Gasteiger partial charge on any atom is -0.491 e. The van der Waals surface area contributed by atoms with Crippen LogP contribution in [0.3, 0.4) is 0 Å². The van der Waals surface area contributed by atoms with Gasteiger partial charge in [0.25, 0.3) is 0 Å². The number of aliphatic hydroxyl groups is 1. The fraction of sp³-hybridized carbons (Fsp3) is 0.381. The molecule has 27 heavy (non-hydrogen) atoms. The van der Waals surface area contributed by atoms with Gasteiger partial charge in [-0.05, 0) is 30.7 Å². The number of benzene rings is 2. The van der Waals surface area contributed by atoms with E-state index in [0.29, 0.717) is 12.2 Å². The SMILES string of the molecule is CCCCCn1c(=N)n(CC(O)COc2ccccc2)c2ccccc21.Cl. The van der Waals surface area contributed by atoms with Crippen molar-refractivity contribution in [3.8, 4) is 5.75 Å². The van der Waals surface area contributed by atoms with Gasteiger partial charge in [-0.1, -0.05) is 50.1 Å². The number of nitrogens with zero attached hydrogens (tertiary/aromatic N) is 2. The molecule has 0 aliphatic carbocycles. The molecule has 0 bridgehead atoms. The molecule has 0 radical (unpaired) electrons. The van der Waals surface area contributed by atoms with Crippen molar-refractivity contribution in [3.05, 3.63) is 60.2 Å². The standard InChI is InChI=1S/C21H27N3O2.ClH/c1-2-3-9-14-23-19-12-7-8-13-20(19)24(21(23)22)15-17(25)16-26-18-10-5-4-6-11-18;/h4-8,10-13,17,22,25H,2-3,9,14-16H2,1H3;1H. The molecule has 146 valence electrons. The summed E-state index contributed by atoms with van der Waals surface area (Å²) in [5, 5.41) is 19.0. The maximum Gasteiger partial charge on any atom is 0.203 e. The molecule has 1 aromatic heterocycles. The van der Waals surface area contributed by atoms with Crippen LogP contribution in [0, 0.1) is 5.41 Å². The second-order valence-electron chi connectivity index (χ2n) is 6.56. The summed E-state index contributed by atoms with van der Waals surface area (Å²) in [6.45, 7) is 3.55. The molecule has 1 heterocycles. The molecular weight excluding hydrogens is 362 g/mol. The number of ether oxygens (including phenoxy) is 1. The Bertz CT molecular complexity index is 889. The highest BCUT2D eigenvalue weighted by molar-refractivity contribution is 5.85. The highest BCUT2D eigenvalue weighted by atomic mass is 35.5. The van der Waals surface area contributed by atoms with Gasteiger partial charge < -0.3 is 19.0 Å². The zero-order valence-corrected chi connectivity index (χ0v) is 16.5. The van der Waals surface area contributed by atoms with E-state index in [9.17, 15) is 5.11 Å². The van der Waals surface area contributed by atoms with Gasteiger partial charge >= 0.3 is 0 Å². The van der Waals surface area contributed by atoms with Crippen molar-refractivity contribution in [3.63, 3.8) is 0 Å². The van der Waals surface area contributed by atoms with Crippen molar-refractivity contribution >= 4 is 23.4 Å². The monoisotopic (exact) mass is 389 g/mol. The molecule has 0 aliphatic heterocycles. The molecule has 0 fully saturated rings. The van der Waals surface area contributed by atoms with Crippen molar-refractivity contribution < 1.29 is 9.84 Å². The Kier molecular flexibility index (Phi) is 7.95. The first-order chi connectivity index (χ1) is 12.7. The molecule has 3 rings (SSSR count). The number of para-hydroxylation sites is 3. The second kappa shape index (κ2) is 10.2. The first-order valence-corrected chi connectivity index (χ1v) is 9.29. The highest BCUT2D eigenvalue weighted by Crippen LogP contribution is 2.15. The lowest BCUT2D eigenvalue weighted by atomic mass is 10.2. The van der Waals surface area contributed by atoms with Crippen LogP contribution in [0.15, 0.2) is 54.6 Å². The van der Waals surface area contributed by atoms with Gasteiger partial charge in [0, 0.05) is 6.54 Å². The topological polar surface area (TPSA) is 63.2 Å². The van der Waals surface area contributed by atoms with Crippen molar-refractivity contribution in [1.82, 2.24) is 9.13 Å². The molecule has 5 nitrogen and oxygen atoms in total. The van der Waals surface area contributed by atoms with Crippen molar-refractivity contribution in [2.24, 2.45) is 0 Å². The molecular formula is C21H28ClN3O2. The summed E-state index contributed by atoms with van der Waals surface area (Å²) in [6.07, 6.45) is 2.68. The zero-order valence-electron chi connectivity index (χ0n) is 15.7. The van der Waals surface area contributed by atoms with E-state index >= 15 is 0 Å². The Morgan fingerprint density at radius 1 is 0.963 bits per heavy atom. The van der Waals surface area contributed by atoms with E-state index in [1.807, 2.05) is 63.7 Å². The molecule has 0 saturated heterocycles. The van der Waals surface area contributed by atoms with Crippen LogP contribution in [-0.2, 0) is 13.1 Å². The van der Waals surface area contributed by atoms with Crippen molar-refractivity contribution in [2.75, 3.05) is 6.61 Å². The number of aromatic nitrogens is 2. The van der Waals surface area contributed by atoms with E-state index in [-0.39, 0.29) is 19.0 Å². The van der Waals surface area contributed by atoms with Crippen LogP contribution in [0.4, 0.5) is 0 Å². The summed E-state index contributed by atoms with van der Waals surface area (Å²) >= 11 is 0. The number of fused-ring (bicyclic) bond motifs is 1. The van der Waals surface area contributed by atoms with Crippen LogP contribution in [0.1, 0.15) is 26.2 Å². The molecule has 2 aromatic carbocycles. The van der Waals surface area contributed by atoms with Gasteiger partial charge in [0.1, 0.15) is 18.5 Å². The minimum atomic E-state index is -0.681. The summed E-state index contributed by atoms with van der Waals surface area (Å²) in [5.41, 5.74) is 2.46. The number of hydrogen-bond donors (Lipinski definition) is 2. The smallest absolute Gasteiger partial charge is 0.203 e. The van der Waals surface area contributed by atoms with E-state index in [2.05, 4.69) is 6.92 Å². The van der Waals surface area contributed by atoms with Gasteiger partial charge in [-0.25, -0.2) is 0 Å². The van der Waals surface area contributed by atoms with E-state index in [0.717, 1.165) is 42.6 Å². The van der Waals surface area contributed by atoms with Gasteiger partial charge in [0.05, 0.1) is 17.6 Å². The first kappa shape index (κ1) is 21.1. The number of imidazole rings is 1. The number of aryl methyl sites for hydroxylation is 1. The van der Waals surface area contributed by atoms with Crippen molar-refractivity contribution in [2.45, 2.75) is 45.4 Å².